The van der Waals surface area contributed by atoms with Crippen LogP contribution < -0.4 is 4.57 Å². The van der Waals surface area contributed by atoms with Crippen LogP contribution in [0.1, 0.15) is 38.0 Å². The van der Waals surface area contributed by atoms with E-state index in [1.165, 1.54) is 0 Å². The second-order valence-electron chi connectivity index (χ2n) is 7.61. The third-order valence-electron chi connectivity index (χ3n) is 6.02. The van der Waals surface area contributed by atoms with E-state index >= 15 is 0 Å². The summed E-state index contributed by atoms with van der Waals surface area (Å²) in [7, 11) is 0. The number of imidazole rings is 1. The minimum Gasteiger partial charge on any atom is -0.202 e. The van der Waals surface area contributed by atoms with Crippen LogP contribution in [-0.2, 0) is 5.41 Å². The number of fused-ring (bicyclic) bond motifs is 1. The molecule has 3 aromatic carbocycles. The van der Waals surface area contributed by atoms with E-state index in [4.69, 9.17) is 4.11 Å². The van der Waals surface area contributed by atoms with Gasteiger partial charge in [0.2, 0.25) is 0 Å². The molecule has 0 bridgehead atoms. The fourth-order valence-corrected chi connectivity index (χ4v) is 4.68. The lowest BCUT2D eigenvalue weighted by molar-refractivity contribution is -0.580. The molecule has 0 spiro atoms. The molecule has 0 unspecified atom stereocenters. The lowest BCUT2D eigenvalue weighted by atomic mass is 9.72. The van der Waals surface area contributed by atoms with Gasteiger partial charge in [0.1, 0.15) is 11.1 Å². The number of hydrogen-bond donors (Lipinski definition) is 0. The van der Waals surface area contributed by atoms with Crippen LogP contribution in [0.25, 0.3) is 11.9 Å². The molecule has 0 radical (unpaired) electrons. The van der Waals surface area contributed by atoms with E-state index in [0.29, 0.717) is 5.82 Å². The van der Waals surface area contributed by atoms with Gasteiger partial charge in [-0.25, -0.2) is 4.57 Å². The Balaban J connectivity index is 1.92. The van der Waals surface area contributed by atoms with Crippen molar-refractivity contribution in [3.05, 3.63) is 125 Å². The van der Waals surface area contributed by atoms with Gasteiger partial charge in [0.05, 0.1) is 6.20 Å². The summed E-state index contributed by atoms with van der Waals surface area (Å²) in [6, 6.07) is 28.6. The lowest BCUT2D eigenvalue weighted by Gasteiger charge is -2.27. The van der Waals surface area contributed by atoms with Gasteiger partial charge in [0.15, 0.2) is 11.4 Å². The molecule has 142 valence electrons. The average molecular weight is 381 g/mol. The zero-order chi connectivity index (χ0) is 22.5. The highest BCUT2D eigenvalue weighted by Crippen LogP contribution is 2.44. The summed E-state index contributed by atoms with van der Waals surface area (Å²) in [5.41, 5.74) is 5.44. The molecule has 1 aromatic heterocycles. The molecule has 0 fully saturated rings. The Bertz CT molecular complexity index is 1280. The Morgan fingerprint density at radius 1 is 0.793 bits per heavy atom. The molecule has 4 aromatic rings. The van der Waals surface area contributed by atoms with Crippen LogP contribution in [0.4, 0.5) is 0 Å². The van der Waals surface area contributed by atoms with Crippen molar-refractivity contribution in [3.63, 3.8) is 0 Å². The predicted octanol–water partition coefficient (Wildman–Crippen LogP) is 5.51. The van der Waals surface area contributed by atoms with Gasteiger partial charge in [-0.2, -0.15) is 4.57 Å². The molecular weight excluding hydrogens is 352 g/mol. The third-order valence-corrected chi connectivity index (χ3v) is 6.02. The number of aromatic nitrogens is 2. The summed E-state index contributed by atoms with van der Waals surface area (Å²) in [5.74, 6) is 0.296. The number of hydrogen-bond acceptors (Lipinski definition) is 0. The Kier molecular flexibility index (Phi) is 3.32. The van der Waals surface area contributed by atoms with Crippen LogP contribution in [0.2, 0.25) is 0 Å². The molecule has 29 heavy (non-hydrogen) atoms. The first kappa shape index (κ1) is 14.6. The summed E-state index contributed by atoms with van der Waals surface area (Å²) >= 11 is 0. The van der Waals surface area contributed by atoms with E-state index in [9.17, 15) is 0 Å². The maximum Gasteiger partial charge on any atom is 0.263 e. The number of aryl methyl sites for hydroxylation is 1. The molecule has 1 aliphatic rings. The van der Waals surface area contributed by atoms with Crippen LogP contribution >= 0.6 is 0 Å². The van der Waals surface area contributed by atoms with Crippen molar-refractivity contribution in [2.75, 3.05) is 0 Å². The predicted molar refractivity (Wildman–Crippen MR) is 118 cm³/mol. The fraction of sp³-hybridized carbons (Fsp3) is 0.148. The van der Waals surface area contributed by atoms with Gasteiger partial charge in [-0.3, -0.25) is 0 Å². The molecule has 1 aliphatic heterocycles. The quantitative estimate of drug-likeness (QED) is 0.415. The number of para-hydroxylation sites is 1. The van der Waals surface area contributed by atoms with Crippen molar-refractivity contribution in [1.82, 2.24) is 4.57 Å². The molecule has 2 nitrogen and oxygen atoms in total. The minimum absolute atomic E-state index is 0.296. The molecule has 2 heterocycles. The molecule has 5 rings (SSSR count). The summed E-state index contributed by atoms with van der Waals surface area (Å²) < 4.78 is 29.0. The summed E-state index contributed by atoms with van der Waals surface area (Å²) in [6.45, 7) is 1.76. The highest BCUT2D eigenvalue weighted by molar-refractivity contribution is 5.58. The van der Waals surface area contributed by atoms with E-state index in [0.717, 1.165) is 33.8 Å². The Labute approximate surface area is 176 Å². The van der Waals surface area contributed by atoms with Crippen molar-refractivity contribution in [3.8, 4) is 5.69 Å². The molecule has 0 saturated carbocycles. The summed E-state index contributed by atoms with van der Waals surface area (Å²) in [6.07, 6.45) is 4.07. The summed E-state index contributed by atoms with van der Waals surface area (Å²) in [4.78, 5) is 0. The van der Waals surface area contributed by atoms with Crippen molar-refractivity contribution in [2.45, 2.75) is 26.1 Å². The second kappa shape index (κ2) is 6.59. The van der Waals surface area contributed by atoms with Gasteiger partial charge in [0, 0.05) is 17.9 Å². The van der Waals surface area contributed by atoms with Crippen LogP contribution in [0.5, 0.6) is 0 Å². The fourth-order valence-electron chi connectivity index (χ4n) is 4.68. The lowest BCUT2D eigenvalue weighted by Crippen LogP contribution is -2.37. The van der Waals surface area contributed by atoms with Crippen molar-refractivity contribution < 1.29 is 8.68 Å². The monoisotopic (exact) mass is 380 g/mol. The average Bonchev–Trinajstić information content (AvgIpc) is 3.32. The zero-order valence-electron chi connectivity index (χ0n) is 19.6. The van der Waals surface area contributed by atoms with E-state index in [-0.39, 0.29) is 0 Å². The third kappa shape index (κ3) is 2.45. The highest BCUT2D eigenvalue weighted by Gasteiger charge is 2.47. The maximum atomic E-state index is 8.41. The molecule has 0 amide bonds. The van der Waals surface area contributed by atoms with E-state index in [2.05, 4.69) is 30.3 Å². The minimum atomic E-state index is -2.29. The van der Waals surface area contributed by atoms with Crippen LogP contribution in [0.3, 0.4) is 0 Å². The topological polar surface area (TPSA) is 8.81 Å². The second-order valence-corrected chi connectivity index (χ2v) is 7.61. The number of rotatable bonds is 3. The van der Waals surface area contributed by atoms with E-state index in [1.807, 2.05) is 89.8 Å². The van der Waals surface area contributed by atoms with Crippen molar-refractivity contribution >= 4 is 6.20 Å². The van der Waals surface area contributed by atoms with Crippen molar-refractivity contribution in [1.29, 1.82) is 0 Å². The first-order valence-electron chi connectivity index (χ1n) is 11.4. The van der Waals surface area contributed by atoms with Crippen LogP contribution in [0, 0.1) is 20.7 Å². The van der Waals surface area contributed by atoms with Crippen LogP contribution in [0.15, 0.2) is 91.0 Å². The molecule has 0 atom stereocenters. The highest BCUT2D eigenvalue weighted by atomic mass is 15.2. The number of allylic oxidation sites excluding steroid dienone is 1. The molecule has 0 saturated heterocycles. The largest absolute Gasteiger partial charge is 0.263 e. The Hall–Kier alpha value is -3.39. The van der Waals surface area contributed by atoms with Gasteiger partial charge < -0.3 is 0 Å². The Morgan fingerprint density at radius 2 is 1.38 bits per heavy atom. The maximum absolute atomic E-state index is 8.41. The molecular formula is C27H25N2+. The zero-order valence-corrected chi connectivity index (χ0v) is 16.6. The van der Waals surface area contributed by atoms with Crippen LogP contribution in [-0.4, -0.2) is 4.57 Å². The van der Waals surface area contributed by atoms with Gasteiger partial charge in [-0.1, -0.05) is 78.9 Å². The van der Waals surface area contributed by atoms with Gasteiger partial charge in [-0.15, -0.1) is 0 Å². The smallest absolute Gasteiger partial charge is 0.202 e. The first-order chi connectivity index (χ1) is 15.4. The number of benzene rings is 3. The SMILES string of the molecule is [2H]C([2H])([2H])c1n(-c2ccccc2C)c(C)c2[n+]1C=CC2(c1ccccc1)c1ccccc1. The van der Waals surface area contributed by atoms with Crippen molar-refractivity contribution in [2.24, 2.45) is 0 Å². The molecule has 0 N–H and O–H groups in total. The Morgan fingerprint density at radius 3 is 1.97 bits per heavy atom. The van der Waals surface area contributed by atoms with Gasteiger partial charge >= 0.3 is 0 Å². The first-order valence-corrected chi connectivity index (χ1v) is 9.90. The summed E-state index contributed by atoms with van der Waals surface area (Å²) in [5, 5.41) is 0. The molecule has 0 aliphatic carbocycles. The number of nitrogens with zero attached hydrogens (tertiary/aromatic N) is 2. The standard InChI is InChI=1S/C27H25N2/c1-20-12-10-11-17-25(20)29-21(2)26-27(18-19-28(26)22(29)3,23-13-6-4-7-14-23)24-15-8-5-9-16-24/h4-19H,1-3H3/q+1/i3D3. The normalized spacial score (nSPS) is 16.1. The van der Waals surface area contributed by atoms with Gasteiger partial charge in [0.25, 0.3) is 5.82 Å². The molecule has 2 heteroatoms. The van der Waals surface area contributed by atoms with Gasteiger partial charge in [-0.05, 0) is 35.8 Å². The van der Waals surface area contributed by atoms with E-state index < -0.39 is 12.3 Å². The van der Waals surface area contributed by atoms with E-state index in [1.54, 1.807) is 0 Å².